The Hall–Kier alpha value is -3.39. The molecule has 1 aromatic heterocycles. The SMILES string of the molecule is CCOc1cc(/C=C/C(=O)c2c(Br)cnn2CC)ccc1OCC(=O)Nc1ccccc1. The quantitative estimate of drug-likeness (QED) is 0.315. The Morgan fingerprint density at radius 2 is 1.88 bits per heavy atom. The lowest BCUT2D eigenvalue weighted by atomic mass is 10.1. The van der Waals surface area contributed by atoms with Crippen molar-refractivity contribution >= 4 is 39.4 Å². The first kappa shape index (κ1) is 23.3. The molecule has 0 aliphatic carbocycles. The van der Waals surface area contributed by atoms with Gasteiger partial charge in [0, 0.05) is 12.2 Å². The average molecular weight is 498 g/mol. The van der Waals surface area contributed by atoms with E-state index in [9.17, 15) is 9.59 Å². The summed E-state index contributed by atoms with van der Waals surface area (Å²) in [6.07, 6.45) is 4.81. The Kier molecular flexibility index (Phi) is 8.21. The van der Waals surface area contributed by atoms with Crippen LogP contribution in [-0.2, 0) is 11.3 Å². The standard InChI is InChI=1S/C24H24BrN3O4/c1-3-28-24(19(25)15-26-28)20(29)12-10-17-11-13-21(22(14-17)31-4-2)32-16-23(30)27-18-8-6-5-7-9-18/h5-15H,3-4,16H2,1-2H3,(H,27,30)/b12-10+. The third-order valence-electron chi connectivity index (χ3n) is 4.44. The van der Waals surface area contributed by atoms with E-state index in [0.29, 0.717) is 40.5 Å². The van der Waals surface area contributed by atoms with Gasteiger partial charge in [-0.15, -0.1) is 0 Å². The highest BCUT2D eigenvalue weighted by atomic mass is 79.9. The van der Waals surface area contributed by atoms with Gasteiger partial charge in [0.1, 0.15) is 5.69 Å². The Morgan fingerprint density at radius 1 is 1.09 bits per heavy atom. The van der Waals surface area contributed by atoms with Gasteiger partial charge in [-0.3, -0.25) is 14.3 Å². The smallest absolute Gasteiger partial charge is 0.262 e. The molecule has 7 nitrogen and oxygen atoms in total. The van der Waals surface area contributed by atoms with E-state index in [1.165, 1.54) is 6.08 Å². The summed E-state index contributed by atoms with van der Waals surface area (Å²) in [5, 5.41) is 6.94. The molecule has 0 unspecified atom stereocenters. The zero-order chi connectivity index (χ0) is 22.9. The van der Waals surface area contributed by atoms with Crippen molar-refractivity contribution in [1.29, 1.82) is 0 Å². The molecule has 0 atom stereocenters. The van der Waals surface area contributed by atoms with Gasteiger partial charge >= 0.3 is 0 Å². The molecule has 1 N–H and O–H groups in total. The second-order valence-electron chi connectivity index (χ2n) is 6.70. The van der Waals surface area contributed by atoms with Crippen LogP contribution in [0.4, 0.5) is 5.69 Å². The van der Waals surface area contributed by atoms with Crippen LogP contribution in [0.1, 0.15) is 29.9 Å². The molecule has 0 aliphatic heterocycles. The zero-order valence-electron chi connectivity index (χ0n) is 17.9. The number of para-hydroxylation sites is 1. The summed E-state index contributed by atoms with van der Waals surface area (Å²) in [4.78, 5) is 24.8. The van der Waals surface area contributed by atoms with Gasteiger partial charge in [0.25, 0.3) is 5.91 Å². The summed E-state index contributed by atoms with van der Waals surface area (Å²) in [6.45, 7) is 4.66. The molecule has 166 valence electrons. The number of ether oxygens (including phenoxy) is 2. The van der Waals surface area contributed by atoms with Crippen molar-refractivity contribution in [2.75, 3.05) is 18.5 Å². The van der Waals surface area contributed by atoms with E-state index in [2.05, 4.69) is 26.3 Å². The highest BCUT2D eigenvalue weighted by Gasteiger charge is 2.14. The molecule has 1 amide bonds. The first-order valence-corrected chi connectivity index (χ1v) is 11.0. The summed E-state index contributed by atoms with van der Waals surface area (Å²) in [6, 6.07) is 14.5. The van der Waals surface area contributed by atoms with Crippen molar-refractivity contribution < 1.29 is 19.1 Å². The number of aromatic nitrogens is 2. The zero-order valence-corrected chi connectivity index (χ0v) is 19.5. The molecule has 0 saturated heterocycles. The molecule has 8 heteroatoms. The van der Waals surface area contributed by atoms with E-state index in [4.69, 9.17) is 9.47 Å². The summed E-state index contributed by atoms with van der Waals surface area (Å²) in [5.41, 5.74) is 1.96. The molecule has 0 bridgehead atoms. The molecule has 0 aliphatic rings. The van der Waals surface area contributed by atoms with E-state index in [-0.39, 0.29) is 18.3 Å². The highest BCUT2D eigenvalue weighted by Crippen LogP contribution is 2.29. The number of aryl methyl sites for hydroxylation is 1. The Balaban J connectivity index is 1.68. The van der Waals surface area contributed by atoms with Crippen molar-refractivity contribution in [3.63, 3.8) is 0 Å². The monoisotopic (exact) mass is 497 g/mol. The largest absolute Gasteiger partial charge is 0.490 e. The van der Waals surface area contributed by atoms with Crippen molar-refractivity contribution in [3.05, 3.63) is 76.5 Å². The summed E-state index contributed by atoms with van der Waals surface area (Å²) >= 11 is 3.37. The molecule has 0 fully saturated rings. The number of anilines is 1. The minimum Gasteiger partial charge on any atom is -0.490 e. The Labute approximate surface area is 195 Å². The van der Waals surface area contributed by atoms with E-state index in [1.807, 2.05) is 32.0 Å². The number of ketones is 1. The second kappa shape index (κ2) is 11.3. The van der Waals surface area contributed by atoms with E-state index in [1.54, 1.807) is 47.3 Å². The molecule has 1 heterocycles. The van der Waals surface area contributed by atoms with Gasteiger partial charge in [0.15, 0.2) is 18.1 Å². The van der Waals surface area contributed by atoms with Crippen molar-refractivity contribution in [2.24, 2.45) is 0 Å². The van der Waals surface area contributed by atoms with Crippen LogP contribution >= 0.6 is 15.9 Å². The molecule has 32 heavy (non-hydrogen) atoms. The predicted molar refractivity (Wildman–Crippen MR) is 127 cm³/mol. The molecular weight excluding hydrogens is 474 g/mol. The molecule has 2 aromatic carbocycles. The fourth-order valence-electron chi connectivity index (χ4n) is 2.98. The second-order valence-corrected chi connectivity index (χ2v) is 7.55. The molecule has 3 aromatic rings. The highest BCUT2D eigenvalue weighted by molar-refractivity contribution is 9.10. The Morgan fingerprint density at radius 3 is 2.59 bits per heavy atom. The lowest BCUT2D eigenvalue weighted by Gasteiger charge is -2.13. The maximum atomic E-state index is 12.6. The van der Waals surface area contributed by atoms with Crippen molar-refractivity contribution in [1.82, 2.24) is 9.78 Å². The van der Waals surface area contributed by atoms with Crippen LogP contribution in [0.3, 0.4) is 0 Å². The van der Waals surface area contributed by atoms with E-state index in [0.717, 1.165) is 5.56 Å². The van der Waals surface area contributed by atoms with Crippen LogP contribution in [0.15, 0.2) is 65.3 Å². The molecule has 0 spiro atoms. The van der Waals surface area contributed by atoms with Gasteiger partial charge in [-0.25, -0.2) is 0 Å². The molecular formula is C24H24BrN3O4. The maximum absolute atomic E-state index is 12.6. The van der Waals surface area contributed by atoms with E-state index >= 15 is 0 Å². The minimum absolute atomic E-state index is 0.155. The van der Waals surface area contributed by atoms with Gasteiger partial charge in [0.05, 0.1) is 17.3 Å². The summed E-state index contributed by atoms with van der Waals surface area (Å²) in [7, 11) is 0. The third kappa shape index (κ3) is 6.07. The lowest BCUT2D eigenvalue weighted by molar-refractivity contribution is -0.118. The fourth-order valence-corrected chi connectivity index (χ4v) is 3.47. The minimum atomic E-state index is -0.272. The number of carbonyl (C=O) groups is 2. The lowest BCUT2D eigenvalue weighted by Crippen LogP contribution is -2.20. The predicted octanol–water partition coefficient (Wildman–Crippen LogP) is 4.98. The number of amides is 1. The van der Waals surface area contributed by atoms with Crippen LogP contribution in [-0.4, -0.2) is 34.7 Å². The van der Waals surface area contributed by atoms with E-state index < -0.39 is 0 Å². The van der Waals surface area contributed by atoms with Gasteiger partial charge in [-0.05, 0) is 65.7 Å². The van der Waals surface area contributed by atoms with Crippen LogP contribution < -0.4 is 14.8 Å². The summed E-state index contributed by atoms with van der Waals surface area (Å²) < 4.78 is 13.6. The van der Waals surface area contributed by atoms with Crippen LogP contribution in [0.25, 0.3) is 6.08 Å². The molecule has 0 saturated carbocycles. The number of rotatable bonds is 10. The number of halogens is 1. The molecule has 0 radical (unpaired) electrons. The average Bonchev–Trinajstić information content (AvgIpc) is 3.18. The number of benzene rings is 2. The third-order valence-corrected chi connectivity index (χ3v) is 5.02. The van der Waals surface area contributed by atoms with Gasteiger partial charge in [0.2, 0.25) is 5.78 Å². The van der Waals surface area contributed by atoms with Gasteiger partial charge < -0.3 is 14.8 Å². The van der Waals surface area contributed by atoms with Crippen LogP contribution in [0, 0.1) is 0 Å². The number of allylic oxidation sites excluding steroid dienone is 1. The van der Waals surface area contributed by atoms with Crippen molar-refractivity contribution in [3.8, 4) is 11.5 Å². The fraction of sp³-hybridized carbons (Fsp3) is 0.208. The Bertz CT molecular complexity index is 1110. The topological polar surface area (TPSA) is 82.4 Å². The normalized spacial score (nSPS) is 10.8. The number of carbonyl (C=O) groups excluding carboxylic acids is 2. The van der Waals surface area contributed by atoms with Gasteiger partial charge in [-0.2, -0.15) is 5.10 Å². The number of nitrogens with one attached hydrogen (secondary N) is 1. The van der Waals surface area contributed by atoms with Crippen LogP contribution in [0.2, 0.25) is 0 Å². The number of hydrogen-bond donors (Lipinski definition) is 1. The number of nitrogens with zero attached hydrogens (tertiary/aromatic N) is 2. The number of hydrogen-bond acceptors (Lipinski definition) is 5. The van der Waals surface area contributed by atoms with Crippen LogP contribution in [0.5, 0.6) is 11.5 Å². The first-order valence-electron chi connectivity index (χ1n) is 10.2. The first-order chi connectivity index (χ1) is 15.5. The van der Waals surface area contributed by atoms with Crippen molar-refractivity contribution in [2.45, 2.75) is 20.4 Å². The molecule has 3 rings (SSSR count). The summed E-state index contributed by atoms with van der Waals surface area (Å²) in [5.74, 6) is 0.512. The van der Waals surface area contributed by atoms with Gasteiger partial charge in [-0.1, -0.05) is 30.3 Å². The maximum Gasteiger partial charge on any atom is 0.262 e.